The first-order chi connectivity index (χ1) is 11.7. The van der Waals surface area contributed by atoms with Crippen molar-refractivity contribution in [2.45, 2.75) is 13.1 Å². The molecule has 2 aromatic rings. The van der Waals surface area contributed by atoms with Crippen LogP contribution in [0.1, 0.15) is 12.5 Å². The van der Waals surface area contributed by atoms with Crippen molar-refractivity contribution in [3.8, 4) is 5.75 Å². The number of hydroxylamine groups is 1. The van der Waals surface area contributed by atoms with E-state index in [4.69, 9.17) is 16.4 Å². The number of nitrogens with one attached hydrogen (secondary N) is 1. The molecule has 0 aliphatic heterocycles. The fraction of sp³-hybridized carbons (Fsp3) is 0.125. The first kappa shape index (κ1) is 18.6. The summed E-state index contributed by atoms with van der Waals surface area (Å²) in [7, 11) is 0. The highest BCUT2D eigenvalue weighted by molar-refractivity contribution is 6.30. The van der Waals surface area contributed by atoms with Crippen molar-refractivity contribution in [1.29, 1.82) is 0 Å². The van der Waals surface area contributed by atoms with Gasteiger partial charge in [0, 0.05) is 11.9 Å². The molecule has 0 radical (unpaired) electrons. The normalized spacial score (nSPS) is 10.9. The van der Waals surface area contributed by atoms with Crippen LogP contribution in [0.5, 0.6) is 5.75 Å². The Morgan fingerprint density at radius 2 is 1.76 bits per heavy atom. The van der Waals surface area contributed by atoms with E-state index in [9.17, 15) is 22.8 Å². The van der Waals surface area contributed by atoms with Crippen LogP contribution in [0.2, 0.25) is 5.02 Å². The summed E-state index contributed by atoms with van der Waals surface area (Å²) in [6.45, 7) is 1.15. The minimum absolute atomic E-state index is 0.224. The van der Waals surface area contributed by atoms with Crippen molar-refractivity contribution >= 4 is 29.2 Å². The summed E-state index contributed by atoms with van der Waals surface area (Å²) in [5.74, 6) is -0.852. The molecule has 0 aromatic heterocycles. The lowest BCUT2D eigenvalue weighted by Crippen LogP contribution is -2.44. The summed E-state index contributed by atoms with van der Waals surface area (Å²) in [5.41, 5.74) is 1.23. The average Bonchev–Trinajstić information content (AvgIpc) is 2.54. The number of rotatable bonds is 3. The molecule has 0 saturated carbocycles. The highest BCUT2D eigenvalue weighted by Crippen LogP contribution is 2.31. The fourth-order valence-corrected chi connectivity index (χ4v) is 2.04. The van der Waals surface area contributed by atoms with Gasteiger partial charge in [0.15, 0.2) is 5.75 Å². The van der Waals surface area contributed by atoms with Crippen LogP contribution in [0.4, 0.5) is 23.7 Å². The van der Waals surface area contributed by atoms with Crippen LogP contribution in [0.25, 0.3) is 0 Å². The number of carbonyl (C=O) groups is 2. The van der Waals surface area contributed by atoms with Gasteiger partial charge in [0.1, 0.15) is 0 Å². The molecule has 9 heteroatoms. The van der Waals surface area contributed by atoms with Crippen molar-refractivity contribution in [2.75, 3.05) is 4.90 Å². The first-order valence-electron chi connectivity index (χ1n) is 6.89. The number of benzene rings is 2. The molecule has 0 aliphatic rings. The van der Waals surface area contributed by atoms with Gasteiger partial charge < -0.3 is 4.84 Å². The molecule has 2 aromatic carbocycles. The Balaban J connectivity index is 2.12. The summed E-state index contributed by atoms with van der Waals surface area (Å²) in [4.78, 5) is 29.4. The topological polar surface area (TPSA) is 58.6 Å². The Morgan fingerprint density at radius 1 is 1.12 bits per heavy atom. The van der Waals surface area contributed by atoms with Gasteiger partial charge in [0.25, 0.3) is 0 Å². The lowest BCUT2D eigenvalue weighted by Gasteiger charge is -2.19. The van der Waals surface area contributed by atoms with Crippen LogP contribution >= 0.6 is 11.6 Å². The zero-order valence-corrected chi connectivity index (χ0v) is 13.6. The van der Waals surface area contributed by atoms with Gasteiger partial charge in [-0.1, -0.05) is 17.7 Å². The van der Waals surface area contributed by atoms with Gasteiger partial charge in [-0.15, -0.1) is 0 Å². The molecule has 0 bridgehead atoms. The van der Waals surface area contributed by atoms with Crippen LogP contribution < -0.4 is 15.2 Å². The summed E-state index contributed by atoms with van der Waals surface area (Å²) >= 11 is 5.75. The number of carbonyl (C=O) groups excluding carboxylic acids is 2. The van der Waals surface area contributed by atoms with E-state index < -0.39 is 23.7 Å². The molecule has 25 heavy (non-hydrogen) atoms. The van der Waals surface area contributed by atoms with E-state index in [1.54, 1.807) is 0 Å². The SMILES string of the molecule is CC(=O)N(C(=O)NOc1cccc(C(F)(F)F)c1)c1ccc(Cl)cc1. The van der Waals surface area contributed by atoms with E-state index in [0.29, 0.717) is 5.02 Å². The predicted octanol–water partition coefficient (Wildman–Crippen LogP) is 4.42. The highest BCUT2D eigenvalue weighted by Gasteiger charge is 2.30. The molecule has 1 N–H and O–H groups in total. The highest BCUT2D eigenvalue weighted by atomic mass is 35.5. The predicted molar refractivity (Wildman–Crippen MR) is 85.2 cm³/mol. The molecule has 3 amide bonds. The number of nitrogens with zero attached hydrogens (tertiary/aromatic N) is 1. The molecule has 0 fully saturated rings. The third-order valence-electron chi connectivity index (χ3n) is 3.02. The third-order valence-corrected chi connectivity index (χ3v) is 3.27. The second kappa shape index (κ2) is 7.43. The standard InChI is InChI=1S/C16H12ClF3N2O3/c1-10(23)22(13-7-5-12(17)6-8-13)15(24)21-25-14-4-2-3-11(9-14)16(18,19)20/h2-9H,1H3,(H,21,24). The van der Waals surface area contributed by atoms with E-state index in [1.165, 1.54) is 30.3 Å². The van der Waals surface area contributed by atoms with Crippen LogP contribution in [0, 0.1) is 0 Å². The van der Waals surface area contributed by atoms with Gasteiger partial charge in [-0.25, -0.2) is 9.69 Å². The Bertz CT molecular complexity index is 779. The van der Waals surface area contributed by atoms with Gasteiger partial charge >= 0.3 is 12.2 Å². The second-order valence-corrected chi connectivity index (χ2v) is 5.30. The van der Waals surface area contributed by atoms with Crippen molar-refractivity contribution in [2.24, 2.45) is 0 Å². The van der Waals surface area contributed by atoms with E-state index >= 15 is 0 Å². The maximum Gasteiger partial charge on any atom is 0.416 e. The van der Waals surface area contributed by atoms with Crippen molar-refractivity contribution in [3.05, 3.63) is 59.1 Å². The molecule has 0 unspecified atom stereocenters. The Morgan fingerprint density at radius 3 is 2.32 bits per heavy atom. The molecule has 5 nitrogen and oxygen atoms in total. The smallest absolute Gasteiger partial charge is 0.378 e. The van der Waals surface area contributed by atoms with Gasteiger partial charge in [0.2, 0.25) is 5.91 Å². The minimum atomic E-state index is -4.54. The Kier molecular flexibility index (Phi) is 5.53. The van der Waals surface area contributed by atoms with Crippen LogP contribution in [0.15, 0.2) is 48.5 Å². The van der Waals surface area contributed by atoms with Gasteiger partial charge in [0.05, 0.1) is 11.3 Å². The largest absolute Gasteiger partial charge is 0.416 e. The molecule has 0 spiro atoms. The zero-order valence-electron chi connectivity index (χ0n) is 12.8. The summed E-state index contributed by atoms with van der Waals surface area (Å²) in [6.07, 6.45) is -4.54. The molecular weight excluding hydrogens is 361 g/mol. The van der Waals surface area contributed by atoms with Crippen molar-refractivity contribution in [3.63, 3.8) is 0 Å². The summed E-state index contributed by atoms with van der Waals surface area (Å²) < 4.78 is 37.9. The molecule has 0 aliphatic carbocycles. The number of halogens is 4. The monoisotopic (exact) mass is 372 g/mol. The maximum absolute atomic E-state index is 12.6. The first-order valence-corrected chi connectivity index (χ1v) is 7.26. The van der Waals surface area contributed by atoms with Crippen LogP contribution in [-0.2, 0) is 11.0 Å². The fourth-order valence-electron chi connectivity index (χ4n) is 1.92. The van der Waals surface area contributed by atoms with Crippen molar-refractivity contribution < 1.29 is 27.6 Å². The number of imide groups is 1. The lowest BCUT2D eigenvalue weighted by atomic mass is 10.2. The number of amides is 3. The van der Waals surface area contributed by atoms with Crippen LogP contribution in [0.3, 0.4) is 0 Å². The quantitative estimate of drug-likeness (QED) is 0.812. The maximum atomic E-state index is 12.6. The number of urea groups is 1. The minimum Gasteiger partial charge on any atom is -0.378 e. The summed E-state index contributed by atoms with van der Waals surface area (Å²) in [6, 6.07) is 8.82. The average molecular weight is 373 g/mol. The van der Waals surface area contributed by atoms with Crippen LogP contribution in [-0.4, -0.2) is 11.9 Å². The number of alkyl halides is 3. The van der Waals surface area contributed by atoms with Gasteiger partial charge in [-0.3, -0.25) is 4.79 Å². The second-order valence-electron chi connectivity index (χ2n) is 4.87. The molecule has 0 saturated heterocycles. The van der Waals surface area contributed by atoms with Gasteiger partial charge in [-0.2, -0.15) is 18.7 Å². The molecule has 132 valence electrons. The van der Waals surface area contributed by atoms with E-state index in [-0.39, 0.29) is 11.4 Å². The number of hydrogen-bond acceptors (Lipinski definition) is 3. The number of hydrogen-bond donors (Lipinski definition) is 1. The zero-order chi connectivity index (χ0) is 18.6. The van der Waals surface area contributed by atoms with E-state index in [0.717, 1.165) is 30.0 Å². The molecular formula is C16H12ClF3N2O3. The Hall–Kier alpha value is -2.74. The number of anilines is 1. The Labute approximate surface area is 145 Å². The molecule has 0 heterocycles. The molecule has 2 rings (SSSR count). The van der Waals surface area contributed by atoms with E-state index in [1.807, 2.05) is 5.48 Å². The third kappa shape index (κ3) is 4.87. The van der Waals surface area contributed by atoms with Crippen molar-refractivity contribution in [1.82, 2.24) is 5.48 Å². The van der Waals surface area contributed by atoms with Gasteiger partial charge in [-0.05, 0) is 42.5 Å². The lowest BCUT2D eigenvalue weighted by molar-refractivity contribution is -0.137. The summed E-state index contributed by atoms with van der Waals surface area (Å²) in [5, 5.41) is 0.410. The van der Waals surface area contributed by atoms with E-state index in [2.05, 4.69) is 0 Å². The molecule has 0 atom stereocenters.